The van der Waals surface area contributed by atoms with Crippen molar-refractivity contribution in [3.05, 3.63) is 46.0 Å². The molecule has 0 aliphatic carbocycles. The van der Waals surface area contributed by atoms with Crippen molar-refractivity contribution in [2.45, 2.75) is 12.5 Å². The molecule has 1 unspecified atom stereocenters. The van der Waals surface area contributed by atoms with Crippen LogP contribution in [0.4, 0.5) is 4.39 Å². The minimum absolute atomic E-state index is 0.0356. The van der Waals surface area contributed by atoms with Crippen molar-refractivity contribution in [1.82, 2.24) is 14.5 Å². The summed E-state index contributed by atoms with van der Waals surface area (Å²) in [4.78, 5) is 5.11. The molecule has 1 aliphatic heterocycles. The lowest BCUT2D eigenvalue weighted by molar-refractivity contribution is 0.493. The Morgan fingerprint density at radius 1 is 1.34 bits per heavy atom. The number of guanidine groups is 1. The third kappa shape index (κ3) is 3.52. The average Bonchev–Trinajstić information content (AvgIpc) is 3.27. The Morgan fingerprint density at radius 3 is 2.66 bits per heavy atom. The van der Waals surface area contributed by atoms with Gasteiger partial charge in [-0.2, -0.15) is 0 Å². The van der Waals surface area contributed by atoms with Gasteiger partial charge in [0, 0.05) is 17.6 Å². The van der Waals surface area contributed by atoms with E-state index in [-0.39, 0.29) is 22.5 Å². The number of nitrogens with two attached hydrogens (primary N) is 1. The van der Waals surface area contributed by atoms with Crippen molar-refractivity contribution in [1.29, 1.82) is 0 Å². The van der Waals surface area contributed by atoms with Gasteiger partial charge in [0.25, 0.3) is 5.89 Å². The summed E-state index contributed by atoms with van der Waals surface area (Å²) >= 11 is 7.00. The predicted molar refractivity (Wildman–Crippen MR) is 115 cm³/mol. The molecule has 0 amide bonds. The number of aliphatic imine (C=N–C) groups is 1. The molecule has 0 spiro atoms. The van der Waals surface area contributed by atoms with Gasteiger partial charge in [-0.05, 0) is 43.1 Å². The van der Waals surface area contributed by atoms with Crippen molar-refractivity contribution in [2.24, 2.45) is 10.7 Å². The first-order valence-electron chi connectivity index (χ1n) is 8.43. The van der Waals surface area contributed by atoms with Crippen LogP contribution in [0.15, 0.2) is 39.7 Å². The second-order valence-corrected chi connectivity index (χ2v) is 10.7. The molecule has 2 aromatic heterocycles. The highest BCUT2D eigenvalue weighted by Gasteiger charge is 2.40. The molecule has 0 radical (unpaired) electrons. The van der Waals surface area contributed by atoms with E-state index in [0.29, 0.717) is 21.4 Å². The van der Waals surface area contributed by atoms with E-state index >= 15 is 0 Å². The highest BCUT2D eigenvalue weighted by Crippen LogP contribution is 2.41. The number of hydrogen-bond acceptors (Lipinski definition) is 7. The number of nitrogens with zero attached hydrogens (tertiary/aromatic N) is 4. The summed E-state index contributed by atoms with van der Waals surface area (Å²) in [5.41, 5.74) is 5.49. The summed E-state index contributed by atoms with van der Waals surface area (Å²) in [6.07, 6.45) is 0. The Labute approximate surface area is 176 Å². The quantitative estimate of drug-likeness (QED) is 0.613. The molecule has 7 nitrogen and oxygen atoms in total. The van der Waals surface area contributed by atoms with Crippen LogP contribution in [-0.2, 0) is 15.2 Å². The van der Waals surface area contributed by atoms with Crippen LogP contribution < -0.4 is 5.73 Å². The Hall–Kier alpha value is -2.43. The number of hydrogen-bond donors (Lipinski definition) is 1. The maximum Gasteiger partial charge on any atom is 0.258 e. The molecule has 1 aliphatic rings. The lowest BCUT2D eigenvalue weighted by Crippen LogP contribution is -2.50. The molecule has 1 aromatic carbocycles. The molecule has 0 bridgehead atoms. The van der Waals surface area contributed by atoms with Gasteiger partial charge >= 0.3 is 0 Å². The zero-order chi connectivity index (χ0) is 21.0. The molecule has 0 saturated carbocycles. The molecule has 2 N–H and O–H groups in total. The van der Waals surface area contributed by atoms with Crippen molar-refractivity contribution < 1.29 is 13.0 Å². The van der Waals surface area contributed by atoms with Crippen LogP contribution in [-0.4, -0.2) is 43.3 Å². The summed E-state index contributed by atoms with van der Waals surface area (Å²) in [5, 5.41) is 8.63. The van der Waals surface area contributed by atoms with Crippen molar-refractivity contribution in [3.63, 3.8) is 0 Å². The molecule has 0 fully saturated rings. The smallest absolute Gasteiger partial charge is 0.258 e. The number of thiophene rings is 1. The summed E-state index contributed by atoms with van der Waals surface area (Å²) in [5.74, 6) is 3.79. The molecule has 3 aromatic rings. The van der Waals surface area contributed by atoms with Gasteiger partial charge in [-0.3, -0.25) is 4.31 Å². The average molecular weight is 454 g/mol. The van der Waals surface area contributed by atoms with E-state index < -0.39 is 21.1 Å². The molecule has 3 heterocycles. The van der Waals surface area contributed by atoms with Gasteiger partial charge in [-0.25, -0.2) is 13.6 Å². The van der Waals surface area contributed by atoms with Crippen LogP contribution in [0.2, 0.25) is 5.02 Å². The summed E-state index contributed by atoms with van der Waals surface area (Å²) in [7, 11) is -1.16. The van der Waals surface area contributed by atoms with Gasteiger partial charge in [-0.15, -0.1) is 21.5 Å². The highest BCUT2D eigenvalue weighted by molar-refractivity contribution is 7.98. The summed E-state index contributed by atoms with van der Waals surface area (Å²) in [6.45, 7) is 1.68. The number of benzene rings is 1. The van der Waals surface area contributed by atoms with Crippen LogP contribution in [0.3, 0.4) is 0 Å². The van der Waals surface area contributed by atoms with Gasteiger partial charge < -0.3 is 10.2 Å². The van der Waals surface area contributed by atoms with E-state index in [1.54, 1.807) is 38.2 Å². The fraction of sp³-hybridized carbons (Fsp3) is 0.222. The lowest BCUT2D eigenvalue weighted by Gasteiger charge is -2.36. The third-order valence-corrected chi connectivity index (χ3v) is 8.39. The zero-order valence-corrected chi connectivity index (χ0v) is 17.9. The lowest BCUT2D eigenvalue weighted by atomic mass is 10.0. The fourth-order valence-electron chi connectivity index (χ4n) is 3.05. The predicted octanol–water partition coefficient (Wildman–Crippen LogP) is 3.36. The maximum absolute atomic E-state index is 14.8. The van der Waals surface area contributed by atoms with E-state index in [4.69, 9.17) is 21.8 Å². The summed E-state index contributed by atoms with van der Waals surface area (Å²) in [6, 6.07) is 8.23. The monoisotopic (exact) mass is 453 g/mol. The minimum atomic E-state index is -2.72. The van der Waals surface area contributed by atoms with Gasteiger partial charge in [0.2, 0.25) is 11.9 Å². The molecule has 152 valence electrons. The van der Waals surface area contributed by atoms with Crippen LogP contribution in [0, 0.1) is 5.82 Å². The van der Waals surface area contributed by atoms with Crippen LogP contribution in [0.5, 0.6) is 0 Å². The van der Waals surface area contributed by atoms with Gasteiger partial charge in [0.15, 0.2) is 0 Å². The maximum atomic E-state index is 14.8. The molecule has 0 saturated heterocycles. The molecular formula is C18H17ClFN5O2S2. The van der Waals surface area contributed by atoms with Gasteiger partial charge in [-0.1, -0.05) is 11.6 Å². The first-order valence-corrected chi connectivity index (χ1v) is 11.5. The first-order chi connectivity index (χ1) is 13.6. The number of halogens is 2. The molecule has 4 rings (SSSR count). The zero-order valence-electron chi connectivity index (χ0n) is 15.6. The van der Waals surface area contributed by atoms with E-state index in [9.17, 15) is 8.60 Å². The van der Waals surface area contributed by atoms with Crippen LogP contribution in [0.25, 0.3) is 22.2 Å². The van der Waals surface area contributed by atoms with Gasteiger partial charge in [0.05, 0.1) is 25.2 Å². The first kappa shape index (κ1) is 19.9. The highest BCUT2D eigenvalue weighted by atomic mass is 35.5. The number of aromatic nitrogens is 2. The Bertz CT molecular complexity index is 1220. The second kappa shape index (κ2) is 6.82. The molecule has 2 atom stereocenters. The van der Waals surface area contributed by atoms with Crippen molar-refractivity contribution in [3.8, 4) is 22.2 Å². The Balaban J connectivity index is 1.72. The SMILES string of the molecule is C=S1(=O)C[C@@](C)(c2sc(-c3nnc(-c4ccc(Cl)cc4)o3)cc2F)N=C(N)N1C. The van der Waals surface area contributed by atoms with E-state index in [1.165, 1.54) is 10.4 Å². The van der Waals surface area contributed by atoms with E-state index in [0.717, 1.165) is 11.3 Å². The van der Waals surface area contributed by atoms with Crippen LogP contribution in [0.1, 0.15) is 11.8 Å². The minimum Gasteiger partial charge on any atom is -0.415 e. The number of rotatable bonds is 3. The molecule has 29 heavy (non-hydrogen) atoms. The topological polar surface area (TPSA) is 97.6 Å². The molecule has 11 heteroatoms. The second-order valence-electron chi connectivity index (χ2n) is 6.87. The Kier molecular flexibility index (Phi) is 4.67. The molecular weight excluding hydrogens is 437 g/mol. The fourth-order valence-corrected chi connectivity index (χ4v) is 5.98. The standard InChI is InChI=1S/C18H17ClFN5O2S2/c1-18(9-29(3,26)25(2)17(21)22-18)14-12(20)8-13(28-14)16-24-23-15(27-16)10-4-6-11(19)7-5-10/h4-8H,3,9H2,1-2H3,(H2,21,22)/t18-,29?/m0/s1. The van der Waals surface area contributed by atoms with Crippen LogP contribution >= 0.6 is 22.9 Å². The van der Waals surface area contributed by atoms with Crippen molar-refractivity contribution >= 4 is 44.5 Å². The van der Waals surface area contributed by atoms with E-state index in [1.807, 2.05) is 0 Å². The third-order valence-electron chi connectivity index (χ3n) is 4.59. The normalized spacial score (nSPS) is 24.6. The largest absolute Gasteiger partial charge is 0.415 e. The summed E-state index contributed by atoms with van der Waals surface area (Å²) < 4.78 is 34.7. The Morgan fingerprint density at radius 2 is 2.00 bits per heavy atom. The van der Waals surface area contributed by atoms with Gasteiger partial charge in [0.1, 0.15) is 11.4 Å². The van der Waals surface area contributed by atoms with E-state index in [2.05, 4.69) is 21.1 Å². The van der Waals surface area contributed by atoms with Crippen molar-refractivity contribution in [2.75, 3.05) is 12.8 Å².